The molecule has 1 N–H and O–H groups in total. The minimum atomic E-state index is -2.41. The van der Waals surface area contributed by atoms with Crippen LogP contribution in [0.2, 0.25) is 18.1 Å². The second-order valence-electron chi connectivity index (χ2n) is 17.6. The Bertz CT molecular complexity index is 2370. The van der Waals surface area contributed by atoms with Crippen LogP contribution in [0, 0.1) is 5.92 Å². The van der Waals surface area contributed by atoms with E-state index in [1.165, 1.54) is 0 Å². The number of carbonyl (C=O) groups is 1. The van der Waals surface area contributed by atoms with Crippen LogP contribution in [0.4, 0.5) is 5.82 Å². The Balaban J connectivity index is 1.21. The van der Waals surface area contributed by atoms with Crippen LogP contribution in [0.1, 0.15) is 72.3 Å². The molecular formula is C49H56N4O6Si. The highest BCUT2D eigenvalue weighted by Crippen LogP contribution is 2.48. The summed E-state index contributed by atoms with van der Waals surface area (Å²) in [4.78, 5) is 25.4. The second-order valence-corrected chi connectivity index (χ2v) is 22.4. The van der Waals surface area contributed by atoms with Gasteiger partial charge in [0.1, 0.15) is 34.9 Å². The van der Waals surface area contributed by atoms with Crippen LogP contribution in [0.25, 0.3) is 11.0 Å². The number of hydrogen-bond donors (Lipinski definition) is 1. The fourth-order valence-corrected chi connectivity index (χ4v) is 10.1. The third-order valence-corrected chi connectivity index (χ3v) is 17.5. The van der Waals surface area contributed by atoms with Gasteiger partial charge in [0.15, 0.2) is 8.32 Å². The van der Waals surface area contributed by atoms with Gasteiger partial charge < -0.3 is 28.3 Å². The predicted molar refractivity (Wildman–Crippen MR) is 237 cm³/mol. The Morgan fingerprint density at radius 3 is 1.98 bits per heavy atom. The zero-order chi connectivity index (χ0) is 42.2. The molecule has 0 radical (unpaired) electrons. The van der Waals surface area contributed by atoms with E-state index in [1.807, 2.05) is 97.1 Å². The topological polar surface area (TPSA) is 108 Å². The molecule has 6 aromatic rings. The van der Waals surface area contributed by atoms with Gasteiger partial charge in [0.2, 0.25) is 0 Å². The van der Waals surface area contributed by atoms with Crippen LogP contribution in [0.3, 0.4) is 0 Å². The summed E-state index contributed by atoms with van der Waals surface area (Å²) in [7, 11) is 0.911. The van der Waals surface area contributed by atoms with Crippen LogP contribution in [-0.2, 0) is 21.2 Å². The summed E-state index contributed by atoms with van der Waals surface area (Å²) in [5.41, 5.74) is 4.19. The van der Waals surface area contributed by atoms with E-state index in [4.69, 9.17) is 28.6 Å². The normalized spacial score (nSPS) is 19.6. The van der Waals surface area contributed by atoms with Gasteiger partial charge in [0.05, 0.1) is 44.5 Å². The number of aliphatic hydroxyl groups excluding tert-OH is 1. The molecule has 0 saturated heterocycles. The average Bonchev–Trinajstić information content (AvgIpc) is 3.71. The Labute approximate surface area is 354 Å². The van der Waals surface area contributed by atoms with Crippen LogP contribution in [0.15, 0.2) is 122 Å². The lowest BCUT2D eigenvalue weighted by molar-refractivity contribution is -0.0470. The van der Waals surface area contributed by atoms with Gasteiger partial charge in [0, 0.05) is 24.2 Å². The highest BCUT2D eigenvalue weighted by molar-refractivity contribution is 6.74. The monoisotopic (exact) mass is 824 g/mol. The first kappa shape index (κ1) is 41.4. The van der Waals surface area contributed by atoms with Gasteiger partial charge in [0.25, 0.3) is 5.91 Å². The zero-order valence-corrected chi connectivity index (χ0v) is 36.7. The van der Waals surface area contributed by atoms with Crippen molar-refractivity contribution in [1.29, 1.82) is 0 Å². The summed E-state index contributed by atoms with van der Waals surface area (Å²) in [6.07, 6.45) is 4.45. The number of methoxy groups -OCH3 is 2. The minimum absolute atomic E-state index is 0.0838. The van der Waals surface area contributed by atoms with Crippen molar-refractivity contribution in [3.05, 3.63) is 150 Å². The van der Waals surface area contributed by atoms with Gasteiger partial charge >= 0.3 is 0 Å². The highest BCUT2D eigenvalue weighted by atomic mass is 28.4. The largest absolute Gasteiger partial charge is 0.497 e. The van der Waals surface area contributed by atoms with Gasteiger partial charge in [-0.1, -0.05) is 93.6 Å². The fourth-order valence-electron chi connectivity index (χ4n) is 8.75. The van der Waals surface area contributed by atoms with Crippen molar-refractivity contribution in [2.24, 2.45) is 5.92 Å². The van der Waals surface area contributed by atoms with E-state index in [0.717, 1.165) is 57.6 Å². The SMILES string of the molecule is COc1ccc(C(OC[C@H]2C[C@@H](n3cc4c5c(ncnc53)N(C(=O)c3ccccc3)CCC4)[C@H](O[Si](C)(C)C(C)(C)C)[C@@H]2O)(c2ccccc2)c2ccc(OC)cc2)cc1. The molecule has 2 aromatic heterocycles. The number of carbonyl (C=O) groups excluding carboxylic acids is 1. The molecule has 10 nitrogen and oxygen atoms in total. The molecule has 1 aliphatic heterocycles. The number of aliphatic hydroxyl groups is 1. The minimum Gasteiger partial charge on any atom is -0.497 e. The van der Waals surface area contributed by atoms with Crippen molar-refractivity contribution >= 4 is 31.1 Å². The summed E-state index contributed by atoms with van der Waals surface area (Å²) < 4.78 is 28.0. The number of rotatable bonds is 12. The molecule has 11 heteroatoms. The van der Waals surface area contributed by atoms with E-state index in [-0.39, 0.29) is 29.5 Å². The van der Waals surface area contributed by atoms with Crippen molar-refractivity contribution in [2.75, 3.05) is 32.3 Å². The summed E-state index contributed by atoms with van der Waals surface area (Å²) in [6.45, 7) is 11.9. The summed E-state index contributed by atoms with van der Waals surface area (Å²) in [6, 6.07) is 35.4. The van der Waals surface area contributed by atoms with Crippen LogP contribution < -0.4 is 14.4 Å². The zero-order valence-electron chi connectivity index (χ0n) is 35.7. The Hall–Kier alpha value is -5.33. The van der Waals surface area contributed by atoms with Gasteiger partial charge in [-0.05, 0) is 96.0 Å². The van der Waals surface area contributed by atoms with E-state index < -0.39 is 26.1 Å². The lowest BCUT2D eigenvalue weighted by Crippen LogP contribution is -2.48. The van der Waals surface area contributed by atoms with E-state index in [9.17, 15) is 9.90 Å². The molecule has 1 aliphatic carbocycles. The van der Waals surface area contributed by atoms with Gasteiger partial charge in [-0.25, -0.2) is 9.97 Å². The maximum atomic E-state index is 14.0. The second kappa shape index (κ2) is 16.6. The molecule has 0 bridgehead atoms. The number of hydrogen-bond acceptors (Lipinski definition) is 8. The first-order valence-electron chi connectivity index (χ1n) is 20.9. The van der Waals surface area contributed by atoms with Crippen molar-refractivity contribution in [3.63, 3.8) is 0 Å². The van der Waals surface area contributed by atoms with Gasteiger partial charge in [-0.3, -0.25) is 9.69 Å². The molecule has 1 fully saturated rings. The number of aryl methyl sites for hydroxylation is 1. The average molecular weight is 825 g/mol. The fraction of sp³-hybridized carbons (Fsp3) is 0.367. The first-order chi connectivity index (χ1) is 28.9. The lowest BCUT2D eigenvalue weighted by atomic mass is 9.79. The van der Waals surface area contributed by atoms with Crippen molar-refractivity contribution in [3.8, 4) is 11.5 Å². The number of amides is 1. The highest BCUT2D eigenvalue weighted by Gasteiger charge is 2.51. The number of benzene rings is 4. The predicted octanol–water partition coefficient (Wildman–Crippen LogP) is 9.36. The standard InChI is InChI=1S/C49H56N4O6Si/c1-48(2,3)60(6,7)59-44-41(53-30-34-17-14-28-52(45-42(34)46(53)51-32-50-45)47(55)33-15-10-8-11-16-33)29-35(43(44)54)31-58-49(36-18-12-9-13-19-36,37-20-24-39(56-4)25-21-37)38-22-26-40(57-5)27-23-38/h8-13,15-16,18-27,30,32,35,41,43-44,54H,14,17,28-29,31H2,1-7H3/t35-,41-,43-,44+/m1/s1. The molecule has 8 rings (SSSR count). The molecule has 2 aliphatic rings. The van der Waals surface area contributed by atoms with Gasteiger partial charge in [-0.2, -0.15) is 0 Å². The van der Waals surface area contributed by atoms with Crippen molar-refractivity contribution in [1.82, 2.24) is 14.5 Å². The number of ether oxygens (including phenoxy) is 3. The number of anilines is 1. The maximum Gasteiger partial charge on any atom is 0.259 e. The Morgan fingerprint density at radius 2 is 1.40 bits per heavy atom. The number of aromatic nitrogens is 3. The summed E-state index contributed by atoms with van der Waals surface area (Å²) in [5, 5.41) is 13.4. The Kier molecular flexibility index (Phi) is 11.5. The molecule has 1 amide bonds. The molecule has 312 valence electrons. The van der Waals surface area contributed by atoms with Crippen LogP contribution >= 0.6 is 0 Å². The first-order valence-corrected chi connectivity index (χ1v) is 23.8. The molecule has 1 saturated carbocycles. The number of nitrogens with zero attached hydrogens (tertiary/aromatic N) is 4. The molecule has 4 atom stereocenters. The van der Waals surface area contributed by atoms with Crippen LogP contribution in [0.5, 0.6) is 11.5 Å². The molecule has 3 heterocycles. The van der Waals surface area contributed by atoms with Crippen molar-refractivity contribution in [2.45, 2.75) is 82.0 Å². The van der Waals surface area contributed by atoms with Gasteiger partial charge in [-0.15, -0.1) is 0 Å². The summed E-state index contributed by atoms with van der Waals surface area (Å²) in [5.74, 6) is 1.71. The summed E-state index contributed by atoms with van der Waals surface area (Å²) >= 11 is 0. The molecular weight excluding hydrogens is 769 g/mol. The molecule has 0 spiro atoms. The third-order valence-electron chi connectivity index (χ3n) is 13.0. The van der Waals surface area contributed by atoms with E-state index >= 15 is 0 Å². The molecule has 60 heavy (non-hydrogen) atoms. The van der Waals surface area contributed by atoms with E-state index in [1.54, 1.807) is 25.4 Å². The third kappa shape index (κ3) is 7.53. The Morgan fingerprint density at radius 1 is 0.817 bits per heavy atom. The smallest absolute Gasteiger partial charge is 0.259 e. The van der Waals surface area contributed by atoms with Crippen molar-refractivity contribution < 1.29 is 28.5 Å². The molecule has 4 aromatic carbocycles. The lowest BCUT2D eigenvalue weighted by Gasteiger charge is -2.41. The quantitative estimate of drug-likeness (QED) is 0.0962. The molecule has 0 unspecified atom stereocenters. The maximum absolute atomic E-state index is 14.0. The van der Waals surface area contributed by atoms with E-state index in [0.29, 0.717) is 24.3 Å². The van der Waals surface area contributed by atoms with E-state index in [2.05, 4.69) is 56.8 Å². The van der Waals surface area contributed by atoms with Crippen LogP contribution in [-0.4, -0.2) is 73.4 Å².